The third-order valence-corrected chi connectivity index (χ3v) is 3.31. The van der Waals surface area contributed by atoms with Crippen molar-refractivity contribution in [3.8, 4) is 0 Å². The normalized spacial score (nSPS) is 26.9. The second kappa shape index (κ2) is 11.3. The van der Waals surface area contributed by atoms with Crippen molar-refractivity contribution in [2.24, 2.45) is 0 Å². The molecule has 2 atom stereocenters. The first kappa shape index (κ1) is 17.1. The summed E-state index contributed by atoms with van der Waals surface area (Å²) in [7, 11) is 0. The lowest BCUT2D eigenvalue weighted by atomic mass is 10.2. The number of hydrogen-bond donors (Lipinski definition) is 0. The molecule has 124 valence electrons. The van der Waals surface area contributed by atoms with Gasteiger partial charge >= 0.3 is 0 Å². The van der Waals surface area contributed by atoms with Crippen molar-refractivity contribution in [3.05, 3.63) is 0 Å². The number of rotatable bonds is 10. The van der Waals surface area contributed by atoms with Crippen LogP contribution in [0.25, 0.3) is 0 Å². The van der Waals surface area contributed by atoms with Gasteiger partial charge in [0.2, 0.25) is 0 Å². The molecule has 0 saturated carbocycles. The van der Waals surface area contributed by atoms with Crippen molar-refractivity contribution in [1.82, 2.24) is 0 Å². The van der Waals surface area contributed by atoms with Crippen molar-refractivity contribution < 1.29 is 33.8 Å². The van der Waals surface area contributed by atoms with Gasteiger partial charge in [-0.3, -0.25) is 0 Å². The second-order valence-corrected chi connectivity index (χ2v) is 5.05. The first-order valence-corrected chi connectivity index (χ1v) is 7.82. The van der Waals surface area contributed by atoms with E-state index >= 15 is 0 Å². The zero-order valence-electron chi connectivity index (χ0n) is 12.5. The van der Waals surface area contributed by atoms with Crippen molar-refractivity contribution in [2.45, 2.75) is 51.1 Å². The average Bonchev–Trinajstić information content (AvgIpc) is 2.55. The lowest BCUT2D eigenvalue weighted by molar-refractivity contribution is -0.515. The molecule has 0 aromatic carbocycles. The van der Waals surface area contributed by atoms with E-state index in [4.69, 9.17) is 28.7 Å². The van der Waals surface area contributed by atoms with Gasteiger partial charge in [0.15, 0.2) is 12.6 Å². The summed E-state index contributed by atoms with van der Waals surface area (Å²) in [6.07, 6.45) is 6.20. The highest BCUT2D eigenvalue weighted by Crippen LogP contribution is 2.14. The summed E-state index contributed by atoms with van der Waals surface area (Å²) in [5.74, 6) is 0. The summed E-state index contributed by atoms with van der Waals surface area (Å²) in [5, 5.41) is 4.57. The van der Waals surface area contributed by atoms with Crippen molar-refractivity contribution in [1.29, 1.82) is 0 Å². The third kappa shape index (κ3) is 8.06. The van der Waals surface area contributed by atoms with Gasteiger partial charge in [0, 0.05) is 13.2 Å². The molecule has 0 aromatic heterocycles. The van der Waals surface area contributed by atoms with E-state index in [1.54, 1.807) is 0 Å². The highest BCUT2D eigenvalue weighted by atomic mass is 17.5. The van der Waals surface area contributed by atoms with Crippen LogP contribution in [0.5, 0.6) is 0 Å². The molecule has 2 unspecified atom stereocenters. The van der Waals surface area contributed by atoms with E-state index < -0.39 is 0 Å². The summed E-state index contributed by atoms with van der Waals surface area (Å²) in [6.45, 7) is 2.98. The topological polar surface area (TPSA) is 64.6 Å². The highest BCUT2D eigenvalue weighted by molar-refractivity contribution is 4.54. The van der Waals surface area contributed by atoms with Crippen molar-refractivity contribution in [2.75, 3.05) is 39.6 Å². The fourth-order valence-electron chi connectivity index (χ4n) is 2.21. The Bertz CT molecular complexity index is 215. The minimum absolute atomic E-state index is 0.104. The predicted molar refractivity (Wildman–Crippen MR) is 72.1 cm³/mol. The van der Waals surface area contributed by atoms with Gasteiger partial charge in [-0.15, -0.1) is 0 Å². The van der Waals surface area contributed by atoms with E-state index in [1.165, 1.54) is 0 Å². The summed E-state index contributed by atoms with van der Waals surface area (Å²) < 4.78 is 21.8. The number of hydrogen-bond acceptors (Lipinski definition) is 7. The van der Waals surface area contributed by atoms with E-state index in [0.29, 0.717) is 26.4 Å². The van der Waals surface area contributed by atoms with Crippen LogP contribution < -0.4 is 0 Å². The fourth-order valence-corrected chi connectivity index (χ4v) is 2.21. The minimum atomic E-state index is -0.104. The lowest BCUT2D eigenvalue weighted by Crippen LogP contribution is -2.24. The van der Waals surface area contributed by atoms with Crippen LogP contribution in [-0.2, 0) is 33.8 Å². The van der Waals surface area contributed by atoms with Gasteiger partial charge in [0.1, 0.15) is 13.2 Å². The van der Waals surface area contributed by atoms with Crippen LogP contribution in [0.4, 0.5) is 0 Å². The molecule has 0 N–H and O–H groups in total. The highest BCUT2D eigenvalue weighted by Gasteiger charge is 2.14. The maximum Gasteiger partial charge on any atom is 0.157 e. The molecule has 0 spiro atoms. The molecule has 2 aliphatic rings. The first-order valence-electron chi connectivity index (χ1n) is 7.82. The molecular weight excluding hydrogens is 280 g/mol. The van der Waals surface area contributed by atoms with E-state index in [2.05, 4.69) is 5.04 Å². The first-order chi connectivity index (χ1) is 10.4. The molecule has 0 aliphatic carbocycles. The zero-order chi connectivity index (χ0) is 14.6. The number of ether oxygens (including phenoxy) is 4. The summed E-state index contributed by atoms with van der Waals surface area (Å²) in [4.78, 5) is 9.65. The SMILES string of the molecule is C1CCC(OCCOOOCCOC2CCCCO2)OC1. The Hall–Kier alpha value is -0.280. The molecule has 2 saturated heterocycles. The minimum Gasteiger partial charge on any atom is -0.353 e. The monoisotopic (exact) mass is 306 g/mol. The van der Waals surface area contributed by atoms with E-state index in [-0.39, 0.29) is 12.6 Å². The maximum absolute atomic E-state index is 5.47. The van der Waals surface area contributed by atoms with Gasteiger partial charge in [-0.2, -0.15) is 0 Å². The molecule has 7 heteroatoms. The molecule has 7 nitrogen and oxygen atoms in total. The smallest absolute Gasteiger partial charge is 0.157 e. The Labute approximate surface area is 125 Å². The van der Waals surface area contributed by atoms with Gasteiger partial charge in [-0.05, 0) is 38.5 Å². The van der Waals surface area contributed by atoms with Crippen LogP contribution in [0.1, 0.15) is 38.5 Å². The van der Waals surface area contributed by atoms with E-state index in [9.17, 15) is 0 Å². The average molecular weight is 306 g/mol. The van der Waals surface area contributed by atoms with Gasteiger partial charge in [0.05, 0.1) is 13.2 Å². The molecule has 2 fully saturated rings. The molecule has 0 radical (unpaired) electrons. The Kier molecular flexibility index (Phi) is 9.20. The molecule has 0 bridgehead atoms. The molecule has 2 heterocycles. The van der Waals surface area contributed by atoms with Gasteiger partial charge in [-0.25, -0.2) is 9.78 Å². The molecule has 0 amide bonds. The molecular formula is C14H26O7. The molecule has 2 rings (SSSR count). The fraction of sp³-hybridized carbons (Fsp3) is 1.00. The van der Waals surface area contributed by atoms with Crippen LogP contribution in [0.15, 0.2) is 0 Å². The summed E-state index contributed by atoms with van der Waals surface area (Å²) in [6, 6.07) is 0. The van der Waals surface area contributed by atoms with Crippen LogP contribution in [0.2, 0.25) is 0 Å². The predicted octanol–water partition coefficient (Wildman–Crippen LogP) is 1.95. The zero-order valence-corrected chi connectivity index (χ0v) is 12.5. The van der Waals surface area contributed by atoms with Crippen LogP contribution in [-0.4, -0.2) is 52.2 Å². The Morgan fingerprint density at radius 3 is 1.62 bits per heavy atom. The van der Waals surface area contributed by atoms with Crippen LogP contribution in [0, 0.1) is 0 Å². The van der Waals surface area contributed by atoms with E-state index in [0.717, 1.165) is 51.7 Å². The van der Waals surface area contributed by atoms with Gasteiger partial charge < -0.3 is 18.9 Å². The van der Waals surface area contributed by atoms with Crippen LogP contribution in [0.3, 0.4) is 0 Å². The Morgan fingerprint density at radius 1 is 0.667 bits per heavy atom. The van der Waals surface area contributed by atoms with Crippen molar-refractivity contribution in [3.63, 3.8) is 0 Å². The Morgan fingerprint density at radius 2 is 1.19 bits per heavy atom. The van der Waals surface area contributed by atoms with Crippen LogP contribution >= 0.6 is 0 Å². The summed E-state index contributed by atoms with van der Waals surface area (Å²) in [5.41, 5.74) is 0. The molecule has 0 aromatic rings. The van der Waals surface area contributed by atoms with E-state index in [1.807, 2.05) is 0 Å². The van der Waals surface area contributed by atoms with Crippen molar-refractivity contribution >= 4 is 0 Å². The molecule has 2 aliphatic heterocycles. The maximum atomic E-state index is 5.47. The second-order valence-electron chi connectivity index (χ2n) is 5.05. The standard InChI is InChI=1S/C14H26O7/c1-3-7-15-13(5-1)17-9-11-19-21-20-12-10-18-14-6-2-4-8-16-14/h13-14H,1-12H2. The lowest BCUT2D eigenvalue weighted by Gasteiger charge is -2.22. The molecule has 21 heavy (non-hydrogen) atoms. The Balaban J connectivity index is 1.30. The largest absolute Gasteiger partial charge is 0.353 e. The third-order valence-electron chi connectivity index (χ3n) is 3.31. The van der Waals surface area contributed by atoms with Gasteiger partial charge in [0.25, 0.3) is 0 Å². The quantitative estimate of drug-likeness (QED) is 0.347. The van der Waals surface area contributed by atoms with Gasteiger partial charge in [-0.1, -0.05) is 5.04 Å². The summed E-state index contributed by atoms with van der Waals surface area (Å²) >= 11 is 0.